The lowest BCUT2D eigenvalue weighted by Gasteiger charge is -2.21. The first kappa shape index (κ1) is 14.9. The molecule has 0 fully saturated rings. The topological polar surface area (TPSA) is 63.4 Å². The van der Waals surface area contributed by atoms with Gasteiger partial charge in [0.25, 0.3) is 0 Å². The van der Waals surface area contributed by atoms with E-state index in [-0.39, 0.29) is 11.8 Å². The third-order valence-electron chi connectivity index (χ3n) is 2.57. The van der Waals surface area contributed by atoms with Crippen molar-refractivity contribution in [3.05, 3.63) is 0 Å². The zero-order chi connectivity index (χ0) is 12.1. The monoisotopic (exact) mass is 236 g/mol. The van der Waals surface area contributed by atoms with Crippen molar-refractivity contribution in [2.24, 2.45) is 11.7 Å². The molecule has 0 aliphatic heterocycles. The molecule has 5 heteroatoms. The van der Waals surface area contributed by atoms with Gasteiger partial charge in [-0.2, -0.15) is 0 Å². The predicted octanol–water partition coefficient (Wildman–Crippen LogP) is 1.03. The molecular weight excluding hydrogens is 212 g/mol. The highest BCUT2D eigenvalue weighted by Crippen LogP contribution is 2.06. The van der Waals surface area contributed by atoms with Crippen molar-refractivity contribution in [1.29, 1.82) is 0 Å². The van der Waals surface area contributed by atoms with Crippen LogP contribution in [0.5, 0.6) is 0 Å². The van der Waals surface area contributed by atoms with Gasteiger partial charge in [0.1, 0.15) is 0 Å². The molecule has 92 valence electrons. The molecule has 0 aromatic rings. The van der Waals surface area contributed by atoms with Crippen molar-refractivity contribution in [2.75, 3.05) is 19.3 Å². The molecule has 0 saturated carbocycles. The molecule has 0 radical (unpaired) electrons. The minimum atomic E-state index is -3.05. The van der Waals surface area contributed by atoms with E-state index in [1.807, 2.05) is 20.8 Å². The molecule has 0 heterocycles. The van der Waals surface area contributed by atoms with Crippen LogP contribution in [0.15, 0.2) is 0 Å². The lowest BCUT2D eigenvalue weighted by atomic mass is 10.0. The Bertz CT molecular complexity index is 263. The summed E-state index contributed by atoms with van der Waals surface area (Å²) in [4.78, 5) is 0. The van der Waals surface area contributed by atoms with Crippen molar-refractivity contribution in [2.45, 2.75) is 39.7 Å². The standard InChI is InChI=1S/C10H24N2O2S/c1-5-8-15(13,14)12(4)7-6-10(11)9(2)3/h9-10H,5-8,11H2,1-4H3. The van der Waals surface area contributed by atoms with Crippen molar-refractivity contribution in [3.8, 4) is 0 Å². The molecule has 0 spiro atoms. The van der Waals surface area contributed by atoms with Crippen LogP contribution in [0.4, 0.5) is 0 Å². The van der Waals surface area contributed by atoms with Crippen molar-refractivity contribution < 1.29 is 8.42 Å². The summed E-state index contributed by atoms with van der Waals surface area (Å²) in [6.07, 6.45) is 1.38. The van der Waals surface area contributed by atoms with Crippen LogP contribution in [-0.4, -0.2) is 38.1 Å². The van der Waals surface area contributed by atoms with Gasteiger partial charge in [0.2, 0.25) is 10.0 Å². The normalized spacial score (nSPS) is 14.9. The minimum Gasteiger partial charge on any atom is -0.327 e. The van der Waals surface area contributed by atoms with Crippen LogP contribution in [0.2, 0.25) is 0 Å². The molecule has 0 bridgehead atoms. The third-order valence-corrected chi connectivity index (χ3v) is 4.63. The second kappa shape index (κ2) is 6.45. The van der Waals surface area contributed by atoms with E-state index in [4.69, 9.17) is 5.73 Å². The molecule has 0 amide bonds. The Morgan fingerprint density at radius 1 is 1.33 bits per heavy atom. The summed E-state index contributed by atoms with van der Waals surface area (Å²) >= 11 is 0. The van der Waals surface area contributed by atoms with Gasteiger partial charge < -0.3 is 5.73 Å². The van der Waals surface area contributed by atoms with Crippen LogP contribution in [0.1, 0.15) is 33.6 Å². The van der Waals surface area contributed by atoms with Crippen molar-refractivity contribution >= 4 is 10.0 Å². The van der Waals surface area contributed by atoms with E-state index >= 15 is 0 Å². The number of nitrogens with zero attached hydrogens (tertiary/aromatic N) is 1. The first-order chi connectivity index (χ1) is 6.81. The summed E-state index contributed by atoms with van der Waals surface area (Å²) < 4.78 is 24.6. The van der Waals surface area contributed by atoms with E-state index in [0.29, 0.717) is 18.9 Å². The Morgan fingerprint density at radius 2 is 1.87 bits per heavy atom. The van der Waals surface area contributed by atoms with Crippen LogP contribution < -0.4 is 5.73 Å². The van der Waals surface area contributed by atoms with Crippen LogP contribution in [0.3, 0.4) is 0 Å². The van der Waals surface area contributed by atoms with Crippen molar-refractivity contribution in [1.82, 2.24) is 4.31 Å². The summed E-state index contributed by atoms with van der Waals surface area (Å²) in [5, 5.41) is 0. The smallest absolute Gasteiger partial charge is 0.213 e. The fourth-order valence-electron chi connectivity index (χ4n) is 1.22. The van der Waals surface area contributed by atoms with Gasteiger partial charge in [-0.1, -0.05) is 20.8 Å². The molecular formula is C10H24N2O2S. The number of sulfonamides is 1. The van der Waals surface area contributed by atoms with E-state index in [1.54, 1.807) is 7.05 Å². The van der Waals surface area contributed by atoms with Gasteiger partial charge in [0.05, 0.1) is 5.75 Å². The minimum absolute atomic E-state index is 0.0734. The molecule has 1 atom stereocenters. The molecule has 0 saturated heterocycles. The highest BCUT2D eigenvalue weighted by Gasteiger charge is 2.17. The van der Waals surface area contributed by atoms with Gasteiger partial charge in [0.15, 0.2) is 0 Å². The Labute approximate surface area is 93.9 Å². The van der Waals surface area contributed by atoms with E-state index in [2.05, 4.69) is 0 Å². The zero-order valence-electron chi connectivity index (χ0n) is 10.2. The molecule has 0 rings (SSSR count). The molecule has 0 aliphatic carbocycles. The van der Waals surface area contributed by atoms with Gasteiger partial charge >= 0.3 is 0 Å². The summed E-state index contributed by atoms with van der Waals surface area (Å²) in [7, 11) is -1.43. The lowest BCUT2D eigenvalue weighted by Crippen LogP contribution is -2.35. The summed E-state index contributed by atoms with van der Waals surface area (Å²) in [5.41, 5.74) is 5.86. The maximum atomic E-state index is 11.6. The fraction of sp³-hybridized carbons (Fsp3) is 1.00. The Kier molecular flexibility index (Phi) is 6.40. The van der Waals surface area contributed by atoms with E-state index < -0.39 is 10.0 Å². The number of hydrogen-bond donors (Lipinski definition) is 1. The number of rotatable bonds is 7. The van der Waals surface area contributed by atoms with Crippen LogP contribution in [0.25, 0.3) is 0 Å². The average molecular weight is 236 g/mol. The van der Waals surface area contributed by atoms with Gasteiger partial charge in [-0.05, 0) is 18.8 Å². The molecule has 15 heavy (non-hydrogen) atoms. The van der Waals surface area contributed by atoms with Gasteiger partial charge in [-0.25, -0.2) is 12.7 Å². The SMILES string of the molecule is CCCS(=O)(=O)N(C)CCC(N)C(C)C. The molecule has 0 aromatic carbocycles. The average Bonchev–Trinajstić information content (AvgIpc) is 2.13. The van der Waals surface area contributed by atoms with Crippen LogP contribution in [0, 0.1) is 5.92 Å². The maximum absolute atomic E-state index is 11.6. The van der Waals surface area contributed by atoms with Crippen LogP contribution in [-0.2, 0) is 10.0 Å². The Hall–Kier alpha value is -0.130. The molecule has 0 aliphatic rings. The van der Waals surface area contributed by atoms with Crippen LogP contribution >= 0.6 is 0 Å². The molecule has 0 aromatic heterocycles. The first-order valence-corrected chi connectivity index (χ1v) is 7.11. The molecule has 1 unspecified atom stereocenters. The fourth-order valence-corrected chi connectivity index (χ4v) is 2.43. The lowest BCUT2D eigenvalue weighted by molar-refractivity contribution is 0.397. The second-order valence-electron chi connectivity index (χ2n) is 4.33. The largest absolute Gasteiger partial charge is 0.327 e. The number of hydrogen-bond acceptors (Lipinski definition) is 3. The van der Waals surface area contributed by atoms with Gasteiger partial charge in [-0.3, -0.25) is 0 Å². The van der Waals surface area contributed by atoms with E-state index in [0.717, 1.165) is 6.42 Å². The zero-order valence-corrected chi connectivity index (χ0v) is 11.0. The third kappa shape index (κ3) is 5.49. The molecule has 2 N–H and O–H groups in total. The Balaban J connectivity index is 4.09. The van der Waals surface area contributed by atoms with Crippen molar-refractivity contribution in [3.63, 3.8) is 0 Å². The second-order valence-corrected chi connectivity index (χ2v) is 6.53. The number of nitrogens with two attached hydrogens (primary N) is 1. The van der Waals surface area contributed by atoms with E-state index in [9.17, 15) is 8.42 Å². The quantitative estimate of drug-likeness (QED) is 0.718. The molecule has 4 nitrogen and oxygen atoms in total. The highest BCUT2D eigenvalue weighted by atomic mass is 32.2. The maximum Gasteiger partial charge on any atom is 0.213 e. The summed E-state index contributed by atoms with van der Waals surface area (Å²) in [6.45, 7) is 6.48. The Morgan fingerprint density at radius 3 is 2.27 bits per heavy atom. The highest BCUT2D eigenvalue weighted by molar-refractivity contribution is 7.89. The van der Waals surface area contributed by atoms with E-state index in [1.165, 1.54) is 4.31 Å². The van der Waals surface area contributed by atoms with Gasteiger partial charge in [-0.15, -0.1) is 0 Å². The van der Waals surface area contributed by atoms with Gasteiger partial charge in [0, 0.05) is 19.6 Å². The summed E-state index contributed by atoms with van der Waals surface area (Å²) in [5.74, 6) is 0.618. The summed E-state index contributed by atoms with van der Waals surface area (Å²) in [6, 6.07) is 0.0734. The first-order valence-electron chi connectivity index (χ1n) is 5.50. The predicted molar refractivity (Wildman–Crippen MR) is 64.1 cm³/mol.